The minimum absolute atomic E-state index is 0. The van der Waals surface area contributed by atoms with Crippen molar-refractivity contribution in [3.05, 3.63) is 34.9 Å². The van der Waals surface area contributed by atoms with Crippen molar-refractivity contribution in [3.63, 3.8) is 0 Å². The number of hydrogen-bond donors (Lipinski definition) is 1. The molecule has 122 valence electrons. The molecule has 6 heteroatoms. The molecule has 1 aromatic carbocycles. The number of hydrogen-bond acceptors (Lipinski definition) is 3. The van der Waals surface area contributed by atoms with E-state index >= 15 is 0 Å². The van der Waals surface area contributed by atoms with Crippen molar-refractivity contribution >= 4 is 29.9 Å². The van der Waals surface area contributed by atoms with Crippen molar-refractivity contribution in [2.45, 2.75) is 43.9 Å². The topological polar surface area (TPSA) is 55.6 Å². The Hall–Kier alpha value is -0.810. The lowest BCUT2D eigenvalue weighted by molar-refractivity contribution is -0.143. The number of ether oxygens (including phenoxy) is 1. The SMILES string of the molecule is Cl.NC[C@H]1CC[C@@H](C(=O)N2CCCC2c2ccc(Cl)cc2)O1. The van der Waals surface area contributed by atoms with Crippen molar-refractivity contribution in [2.24, 2.45) is 5.73 Å². The fourth-order valence-electron chi connectivity index (χ4n) is 3.31. The number of nitrogens with two attached hydrogens (primary N) is 1. The van der Waals surface area contributed by atoms with Crippen LogP contribution < -0.4 is 5.73 Å². The van der Waals surface area contributed by atoms with E-state index in [-0.39, 0.29) is 36.6 Å². The van der Waals surface area contributed by atoms with E-state index in [0.717, 1.165) is 42.8 Å². The molecule has 3 rings (SSSR count). The lowest BCUT2D eigenvalue weighted by Crippen LogP contribution is -2.39. The molecular weight excluding hydrogens is 323 g/mol. The van der Waals surface area contributed by atoms with Crippen molar-refractivity contribution in [3.8, 4) is 0 Å². The van der Waals surface area contributed by atoms with E-state index in [1.807, 2.05) is 29.2 Å². The van der Waals surface area contributed by atoms with Crippen LogP contribution in [0.15, 0.2) is 24.3 Å². The van der Waals surface area contributed by atoms with E-state index in [1.54, 1.807) is 0 Å². The van der Waals surface area contributed by atoms with E-state index in [9.17, 15) is 4.79 Å². The number of nitrogens with zero attached hydrogens (tertiary/aromatic N) is 1. The molecule has 1 amide bonds. The Morgan fingerprint density at radius 3 is 2.64 bits per heavy atom. The molecule has 0 aliphatic carbocycles. The molecule has 4 nitrogen and oxygen atoms in total. The highest BCUT2D eigenvalue weighted by atomic mass is 35.5. The van der Waals surface area contributed by atoms with E-state index in [2.05, 4.69) is 0 Å². The molecule has 0 bridgehead atoms. The van der Waals surface area contributed by atoms with Crippen molar-refractivity contribution in [1.82, 2.24) is 4.90 Å². The lowest BCUT2D eigenvalue weighted by Gasteiger charge is -2.27. The predicted molar refractivity (Wildman–Crippen MR) is 89.3 cm³/mol. The first-order chi connectivity index (χ1) is 10.2. The number of carbonyl (C=O) groups is 1. The minimum Gasteiger partial charge on any atom is -0.364 e. The summed E-state index contributed by atoms with van der Waals surface area (Å²) in [6.45, 7) is 1.30. The van der Waals surface area contributed by atoms with Gasteiger partial charge in [0, 0.05) is 18.1 Å². The van der Waals surface area contributed by atoms with Crippen LogP contribution in [0, 0.1) is 0 Å². The summed E-state index contributed by atoms with van der Waals surface area (Å²) in [4.78, 5) is 14.7. The van der Waals surface area contributed by atoms with Crippen LogP contribution in [0.5, 0.6) is 0 Å². The zero-order valence-electron chi connectivity index (χ0n) is 12.4. The second-order valence-electron chi connectivity index (χ2n) is 5.80. The van der Waals surface area contributed by atoms with Gasteiger partial charge in [-0.05, 0) is 43.4 Å². The van der Waals surface area contributed by atoms with Crippen molar-refractivity contribution in [2.75, 3.05) is 13.1 Å². The standard InChI is InChI=1S/C16H21ClN2O2.ClH/c17-12-5-3-11(4-6-12)14-2-1-9-19(14)16(20)15-8-7-13(10-18)21-15;/h3-6,13-15H,1-2,7-10,18H2;1H/t13-,14?,15+;/m1./s1. The molecule has 0 saturated carbocycles. The molecule has 0 aromatic heterocycles. The zero-order valence-corrected chi connectivity index (χ0v) is 14.0. The molecule has 2 heterocycles. The van der Waals surface area contributed by atoms with E-state index in [1.165, 1.54) is 0 Å². The number of benzene rings is 1. The van der Waals surface area contributed by atoms with Crippen LogP contribution in [-0.4, -0.2) is 36.1 Å². The highest BCUT2D eigenvalue weighted by Crippen LogP contribution is 2.34. The first kappa shape index (κ1) is 17.5. The van der Waals surface area contributed by atoms with Gasteiger partial charge in [-0.15, -0.1) is 12.4 Å². The van der Waals surface area contributed by atoms with E-state index < -0.39 is 0 Å². The summed E-state index contributed by atoms with van der Waals surface area (Å²) in [6, 6.07) is 7.94. The molecule has 1 unspecified atom stereocenters. The van der Waals surface area contributed by atoms with Gasteiger partial charge in [0.1, 0.15) is 6.10 Å². The maximum absolute atomic E-state index is 12.7. The molecule has 2 fully saturated rings. The molecular formula is C16H22Cl2N2O2. The van der Waals surface area contributed by atoms with Gasteiger partial charge in [-0.3, -0.25) is 4.79 Å². The first-order valence-electron chi connectivity index (χ1n) is 7.60. The average molecular weight is 345 g/mol. The van der Waals surface area contributed by atoms with Crippen LogP contribution in [0.3, 0.4) is 0 Å². The number of carbonyl (C=O) groups excluding carboxylic acids is 1. The van der Waals surface area contributed by atoms with Gasteiger partial charge in [0.25, 0.3) is 5.91 Å². The van der Waals surface area contributed by atoms with Crippen LogP contribution in [0.25, 0.3) is 0 Å². The Bertz CT molecular complexity index is 509. The van der Waals surface area contributed by atoms with Gasteiger partial charge in [0.05, 0.1) is 12.1 Å². The second-order valence-corrected chi connectivity index (χ2v) is 6.24. The molecule has 2 N–H and O–H groups in total. The summed E-state index contributed by atoms with van der Waals surface area (Å²) in [6.07, 6.45) is 3.42. The summed E-state index contributed by atoms with van der Waals surface area (Å²) < 4.78 is 5.75. The Kier molecular flexibility index (Phi) is 6.09. The third kappa shape index (κ3) is 3.57. The quantitative estimate of drug-likeness (QED) is 0.916. The van der Waals surface area contributed by atoms with Crippen LogP contribution in [0.4, 0.5) is 0 Å². The third-order valence-electron chi connectivity index (χ3n) is 4.44. The molecule has 0 spiro atoms. The highest BCUT2D eigenvalue weighted by molar-refractivity contribution is 6.30. The Labute approximate surface area is 142 Å². The van der Waals surface area contributed by atoms with Crippen molar-refractivity contribution < 1.29 is 9.53 Å². The van der Waals surface area contributed by atoms with E-state index in [0.29, 0.717) is 6.54 Å². The van der Waals surface area contributed by atoms with Crippen LogP contribution >= 0.6 is 24.0 Å². The fourth-order valence-corrected chi connectivity index (χ4v) is 3.43. The van der Waals surface area contributed by atoms with Gasteiger partial charge < -0.3 is 15.4 Å². The first-order valence-corrected chi connectivity index (χ1v) is 7.98. The average Bonchev–Trinajstić information content (AvgIpc) is 3.16. The molecule has 1 aromatic rings. The molecule has 22 heavy (non-hydrogen) atoms. The molecule has 0 radical (unpaired) electrons. The number of halogens is 2. The summed E-state index contributed by atoms with van der Waals surface area (Å²) in [5.41, 5.74) is 6.77. The fraction of sp³-hybridized carbons (Fsp3) is 0.562. The lowest BCUT2D eigenvalue weighted by atomic mass is 10.0. The van der Waals surface area contributed by atoms with Crippen LogP contribution in [0.2, 0.25) is 5.02 Å². The smallest absolute Gasteiger partial charge is 0.252 e. The van der Waals surface area contributed by atoms with Crippen LogP contribution in [-0.2, 0) is 9.53 Å². The number of amides is 1. The van der Waals surface area contributed by atoms with Crippen molar-refractivity contribution in [1.29, 1.82) is 0 Å². The van der Waals surface area contributed by atoms with Gasteiger partial charge in [0.2, 0.25) is 0 Å². The third-order valence-corrected chi connectivity index (χ3v) is 4.69. The van der Waals surface area contributed by atoms with Gasteiger partial charge in [0.15, 0.2) is 0 Å². The summed E-state index contributed by atoms with van der Waals surface area (Å²) in [7, 11) is 0. The number of rotatable bonds is 3. The number of likely N-dealkylation sites (tertiary alicyclic amines) is 1. The molecule has 2 aliphatic heterocycles. The summed E-state index contributed by atoms with van der Waals surface area (Å²) in [5.74, 6) is 0.114. The maximum atomic E-state index is 12.7. The Morgan fingerprint density at radius 2 is 2.00 bits per heavy atom. The van der Waals surface area contributed by atoms with Gasteiger partial charge in [-0.1, -0.05) is 23.7 Å². The minimum atomic E-state index is -0.313. The monoisotopic (exact) mass is 344 g/mol. The summed E-state index contributed by atoms with van der Waals surface area (Å²) >= 11 is 5.94. The zero-order chi connectivity index (χ0) is 14.8. The van der Waals surface area contributed by atoms with E-state index in [4.69, 9.17) is 22.1 Å². The highest BCUT2D eigenvalue weighted by Gasteiger charge is 2.37. The Morgan fingerprint density at radius 1 is 1.27 bits per heavy atom. The normalized spacial score (nSPS) is 27.7. The molecule has 2 aliphatic rings. The van der Waals surface area contributed by atoms with Gasteiger partial charge >= 0.3 is 0 Å². The second kappa shape index (κ2) is 7.64. The molecule has 3 atom stereocenters. The van der Waals surface area contributed by atoms with Crippen LogP contribution in [0.1, 0.15) is 37.3 Å². The maximum Gasteiger partial charge on any atom is 0.252 e. The Balaban J connectivity index is 0.00000176. The molecule has 2 saturated heterocycles. The van der Waals surface area contributed by atoms with Gasteiger partial charge in [-0.25, -0.2) is 0 Å². The largest absolute Gasteiger partial charge is 0.364 e. The summed E-state index contributed by atoms with van der Waals surface area (Å²) in [5, 5.41) is 0.722. The van der Waals surface area contributed by atoms with Gasteiger partial charge in [-0.2, -0.15) is 0 Å². The predicted octanol–water partition coefficient (Wildman–Crippen LogP) is 2.93.